The number of carbonyl (C=O) groups is 4. The summed E-state index contributed by atoms with van der Waals surface area (Å²) >= 11 is 0. The fourth-order valence-corrected chi connectivity index (χ4v) is 9.88. The number of benzene rings is 5. The van der Waals surface area contributed by atoms with Gasteiger partial charge in [-0.2, -0.15) is 0 Å². The van der Waals surface area contributed by atoms with Crippen LogP contribution in [0.3, 0.4) is 0 Å². The van der Waals surface area contributed by atoms with Gasteiger partial charge in [-0.3, -0.25) is 19.3 Å². The minimum Gasteiger partial charge on any atom is -0.491 e. The molecule has 324 valence electrons. The molecule has 0 aromatic heterocycles. The van der Waals surface area contributed by atoms with Gasteiger partial charge in [0, 0.05) is 37.1 Å². The molecule has 63 heavy (non-hydrogen) atoms. The molecule has 4 heterocycles. The monoisotopic (exact) mass is 852 g/mol. The van der Waals surface area contributed by atoms with Gasteiger partial charge in [-0.1, -0.05) is 97.1 Å². The fraction of sp³-hybridized carbons (Fsp3) is 0.306. The van der Waals surface area contributed by atoms with Crippen LogP contribution in [0, 0.1) is 5.92 Å². The number of methoxy groups -OCH3 is 1. The summed E-state index contributed by atoms with van der Waals surface area (Å²) in [6.07, 6.45) is -1.86. The second-order valence-corrected chi connectivity index (χ2v) is 15.8. The zero-order valence-electron chi connectivity index (χ0n) is 34.7. The van der Waals surface area contributed by atoms with Gasteiger partial charge in [-0.05, 0) is 53.1 Å². The van der Waals surface area contributed by atoms with Crippen LogP contribution in [0.25, 0.3) is 0 Å². The molecule has 3 fully saturated rings. The zero-order valence-corrected chi connectivity index (χ0v) is 34.7. The molecular weight excluding hydrogens is 805 g/mol. The van der Waals surface area contributed by atoms with Crippen LogP contribution in [0.2, 0.25) is 0 Å². The normalized spacial score (nSPS) is 24.1. The number of cyclic esters (lactones) is 1. The SMILES string of the molecule is COCCOC(=O)N1C(=O)[C@@]2(c3ccccc31)[C@H](C(=O)Nc1ccc(N3CCOCC3)cc1)[C@H]1C(=O)O[C@H](c3ccccc3)[C@H](c3ccccc3)N1[C@@H]2c1ccccc1OCCO. The van der Waals surface area contributed by atoms with E-state index in [1.54, 1.807) is 60.7 Å². The van der Waals surface area contributed by atoms with Crippen LogP contribution in [0.4, 0.5) is 21.9 Å². The third-order valence-corrected chi connectivity index (χ3v) is 12.4. The molecule has 6 atom stereocenters. The Hall–Kier alpha value is -6.58. The van der Waals surface area contributed by atoms with E-state index in [2.05, 4.69) is 10.2 Å². The van der Waals surface area contributed by atoms with E-state index >= 15 is 14.4 Å². The third kappa shape index (κ3) is 7.38. The van der Waals surface area contributed by atoms with Crippen molar-refractivity contribution in [3.63, 3.8) is 0 Å². The summed E-state index contributed by atoms with van der Waals surface area (Å²) in [6, 6.07) is 36.9. The van der Waals surface area contributed by atoms with Gasteiger partial charge in [-0.25, -0.2) is 9.69 Å². The highest BCUT2D eigenvalue weighted by Crippen LogP contribution is 2.66. The van der Waals surface area contributed by atoms with E-state index in [1.165, 1.54) is 7.11 Å². The maximum absolute atomic E-state index is 16.1. The second-order valence-electron chi connectivity index (χ2n) is 15.8. The number of fused-ring (bicyclic) bond motifs is 3. The topological polar surface area (TPSA) is 156 Å². The molecule has 5 aromatic carbocycles. The number of aliphatic hydroxyl groups is 1. The molecule has 2 N–H and O–H groups in total. The first kappa shape index (κ1) is 41.8. The van der Waals surface area contributed by atoms with Gasteiger partial charge in [0.05, 0.1) is 50.1 Å². The number of ether oxygens (including phenoxy) is 5. The lowest BCUT2D eigenvalue weighted by atomic mass is 9.65. The Morgan fingerprint density at radius 1 is 0.778 bits per heavy atom. The van der Waals surface area contributed by atoms with Gasteiger partial charge in [0.2, 0.25) is 11.8 Å². The van der Waals surface area contributed by atoms with Crippen molar-refractivity contribution in [1.82, 2.24) is 4.90 Å². The number of morpholine rings is 2. The average molecular weight is 853 g/mol. The zero-order chi connectivity index (χ0) is 43.5. The van der Waals surface area contributed by atoms with Crippen molar-refractivity contribution in [2.45, 2.75) is 29.6 Å². The van der Waals surface area contributed by atoms with Gasteiger partial charge in [0.1, 0.15) is 36.5 Å². The number of nitrogens with zero attached hydrogens (tertiary/aromatic N) is 3. The van der Waals surface area contributed by atoms with Crippen molar-refractivity contribution in [2.75, 3.05) is 75.0 Å². The van der Waals surface area contributed by atoms with Crippen molar-refractivity contribution in [3.8, 4) is 5.75 Å². The average Bonchev–Trinajstić information content (AvgIpc) is 3.78. The Kier molecular flexibility index (Phi) is 11.9. The molecule has 4 aliphatic rings. The third-order valence-electron chi connectivity index (χ3n) is 12.4. The van der Waals surface area contributed by atoms with Crippen LogP contribution in [0.5, 0.6) is 5.75 Å². The lowest BCUT2D eigenvalue weighted by Crippen LogP contribution is -2.54. The van der Waals surface area contributed by atoms with E-state index in [4.69, 9.17) is 23.7 Å². The molecule has 5 aromatic rings. The molecule has 0 aliphatic carbocycles. The first-order chi connectivity index (χ1) is 30.9. The van der Waals surface area contributed by atoms with Gasteiger partial charge in [-0.15, -0.1) is 0 Å². The maximum Gasteiger partial charge on any atom is 0.421 e. The number of nitrogens with one attached hydrogen (secondary N) is 1. The minimum atomic E-state index is -1.99. The standard InChI is InChI=1S/C49H48N4O10/c1-59-30-31-62-48(58)52-38-18-10-9-17-37(38)49(47(52)57)40(45(55)50-34-20-22-35(23-21-34)51-24-27-60-28-25-51)42-46(56)63-43(33-14-6-3-7-15-33)41(32-12-4-2-5-13-32)53(42)44(49)36-16-8-11-19-39(36)61-29-26-54/h2-23,40-44,54H,24-31H2,1H3,(H,50,55)/t40-,41-,42-,43+,44+,49-/m0/s1. The van der Waals surface area contributed by atoms with Gasteiger partial charge in [0.15, 0.2) is 0 Å². The first-order valence-electron chi connectivity index (χ1n) is 21.1. The molecule has 4 aliphatic heterocycles. The van der Waals surface area contributed by atoms with Gasteiger partial charge in [0.25, 0.3) is 0 Å². The van der Waals surface area contributed by atoms with Crippen LogP contribution in [-0.2, 0) is 38.7 Å². The van der Waals surface area contributed by atoms with E-state index in [0.717, 1.165) is 29.2 Å². The number of rotatable bonds is 12. The van der Waals surface area contributed by atoms with Crippen molar-refractivity contribution < 1.29 is 48.0 Å². The van der Waals surface area contributed by atoms with Gasteiger partial charge < -0.3 is 39.0 Å². The van der Waals surface area contributed by atoms with Crippen molar-refractivity contribution >= 4 is 40.9 Å². The number of anilines is 3. The Morgan fingerprint density at radius 3 is 2.16 bits per heavy atom. The van der Waals surface area contributed by atoms with Crippen molar-refractivity contribution in [3.05, 3.63) is 156 Å². The highest BCUT2D eigenvalue weighted by molar-refractivity contribution is 6.24. The summed E-state index contributed by atoms with van der Waals surface area (Å²) in [5.41, 5.74) is 1.87. The molecule has 9 rings (SSSR count). The smallest absolute Gasteiger partial charge is 0.421 e. The predicted molar refractivity (Wildman–Crippen MR) is 232 cm³/mol. The van der Waals surface area contributed by atoms with Crippen molar-refractivity contribution in [1.29, 1.82) is 0 Å². The molecule has 1 spiro atoms. The van der Waals surface area contributed by atoms with E-state index in [0.29, 0.717) is 41.3 Å². The number of esters is 1. The van der Waals surface area contributed by atoms with Crippen LogP contribution in [-0.4, -0.2) is 99.8 Å². The summed E-state index contributed by atoms with van der Waals surface area (Å²) in [5, 5.41) is 13.1. The number of amides is 3. The largest absolute Gasteiger partial charge is 0.491 e. The molecule has 0 bridgehead atoms. The lowest BCUT2D eigenvalue weighted by Gasteiger charge is -2.46. The number of hydrogen-bond donors (Lipinski definition) is 2. The highest BCUT2D eigenvalue weighted by Gasteiger charge is 2.76. The summed E-state index contributed by atoms with van der Waals surface area (Å²) in [6.45, 7) is 2.21. The minimum absolute atomic E-state index is 0.0788. The maximum atomic E-state index is 16.1. The van der Waals surface area contributed by atoms with E-state index in [-0.39, 0.29) is 32.1 Å². The first-order valence-corrected chi connectivity index (χ1v) is 21.1. The molecule has 0 unspecified atom stereocenters. The number of para-hydroxylation sites is 2. The Labute approximate surface area is 364 Å². The molecule has 3 saturated heterocycles. The summed E-state index contributed by atoms with van der Waals surface area (Å²) < 4.78 is 29.1. The van der Waals surface area contributed by atoms with E-state index in [9.17, 15) is 9.90 Å². The second kappa shape index (κ2) is 18.0. The summed E-state index contributed by atoms with van der Waals surface area (Å²) in [5.74, 6) is -3.31. The Balaban J connectivity index is 1.29. The molecule has 14 nitrogen and oxygen atoms in total. The van der Waals surface area contributed by atoms with Crippen molar-refractivity contribution in [2.24, 2.45) is 5.92 Å². The number of imide groups is 1. The van der Waals surface area contributed by atoms with E-state index in [1.807, 2.05) is 77.7 Å². The van der Waals surface area contributed by atoms with Crippen LogP contribution >= 0.6 is 0 Å². The Morgan fingerprint density at radius 2 is 1.44 bits per heavy atom. The number of aliphatic hydroxyl groups excluding tert-OH is 1. The van der Waals surface area contributed by atoms with Crippen LogP contribution in [0.15, 0.2) is 133 Å². The Bertz CT molecular complexity index is 2450. The lowest BCUT2D eigenvalue weighted by molar-refractivity contribution is -0.177. The predicted octanol–water partition coefficient (Wildman–Crippen LogP) is 5.98. The van der Waals surface area contributed by atoms with Gasteiger partial charge >= 0.3 is 12.1 Å². The van der Waals surface area contributed by atoms with Crippen LogP contribution < -0.4 is 19.9 Å². The highest BCUT2D eigenvalue weighted by atomic mass is 16.6. The number of carbonyl (C=O) groups excluding carboxylic acids is 4. The quantitative estimate of drug-likeness (QED) is 0.112. The number of hydrogen-bond acceptors (Lipinski definition) is 12. The molecule has 14 heteroatoms. The summed E-state index contributed by atoms with van der Waals surface area (Å²) in [7, 11) is 1.47. The molecule has 0 saturated carbocycles. The molecule has 0 radical (unpaired) electrons. The molecular formula is C49H48N4O10. The summed E-state index contributed by atoms with van der Waals surface area (Å²) in [4.78, 5) is 66.5. The van der Waals surface area contributed by atoms with Crippen LogP contribution in [0.1, 0.15) is 40.4 Å². The fourth-order valence-electron chi connectivity index (χ4n) is 9.88. The van der Waals surface area contributed by atoms with E-state index < -0.39 is 59.4 Å². The molecule has 3 amide bonds.